The number of nitrogens with zero attached hydrogens (tertiary/aromatic N) is 4. The first-order valence-electron chi connectivity index (χ1n) is 32.8. The van der Waals surface area contributed by atoms with Crippen molar-refractivity contribution >= 4 is 92.7 Å². The van der Waals surface area contributed by atoms with Gasteiger partial charge < -0.3 is 19.9 Å². The molecule has 0 unspecified atom stereocenters. The SMILES string of the molecule is Cc1ccc(-c2c3nc(c(-c4ccc(C)cc4)c4ccc([nH]4)c(-c4ccc(-c5c6nc(c(-c7ccc(C)cc7)c7ccc([nH]7)c(-c7ccc(C)cc7)c7nc(c(-c8ccc(C)cc8)c8ccc5[nH]8)C=C7)C=C6)cc4)c4nc(c(-c5ccc(C)cc5)c5ccc2[nH]5)C=C4)C=C3)cc1. The molecule has 6 aromatic heterocycles. The summed E-state index contributed by atoms with van der Waals surface area (Å²) in [5, 5.41) is 0. The van der Waals surface area contributed by atoms with Crippen molar-refractivity contribution in [2.75, 3.05) is 0 Å². The third-order valence-corrected chi connectivity index (χ3v) is 19.0. The molecule has 10 heterocycles. The zero-order valence-electron chi connectivity index (χ0n) is 54.2. The second-order valence-corrected chi connectivity index (χ2v) is 25.8. The van der Waals surface area contributed by atoms with Crippen LogP contribution in [0.3, 0.4) is 0 Å². The standard InChI is InChI=1S/C88H66N8/c1-51-7-19-57(20-8-51)81-65-35-39-69(89-65)83(59-23-11-53(3)12-24-59)73-43-47-77(93-73)87(78-48-44-74(94-78)84(70-40-36-66(81)90-70)60-25-13-54(4)14-26-60)63-31-33-64(34-32-63)88-79-49-45-75(95-79)85(61-27-15-55(5)16-28-61)71-41-37-67(91-71)82(58-21-9-52(2)10-22-58)68-38-42-72(92-68)86(76-46-50-80(88)96-76)62-29-17-56(6)18-30-62/h7-50,89,91,94,96H,1-6H3. The Labute approximate surface area is 557 Å². The smallest absolute Gasteiger partial charge is 0.0737 e. The van der Waals surface area contributed by atoms with Crippen molar-refractivity contribution in [3.63, 3.8) is 0 Å². The lowest BCUT2D eigenvalue weighted by Gasteiger charge is -2.09. The number of fused-ring (bicyclic) bond motifs is 16. The van der Waals surface area contributed by atoms with Gasteiger partial charge in [-0.05, 0) is 183 Å². The average molecular weight is 1240 g/mol. The fourth-order valence-electron chi connectivity index (χ4n) is 14.0. The summed E-state index contributed by atoms with van der Waals surface area (Å²) in [5.74, 6) is 0. The quantitative estimate of drug-likeness (QED) is 0.121. The van der Waals surface area contributed by atoms with E-state index in [1.807, 2.05) is 0 Å². The minimum absolute atomic E-state index is 0.833. The van der Waals surface area contributed by atoms with Crippen LogP contribution in [0.1, 0.15) is 78.9 Å². The van der Waals surface area contributed by atoms with Gasteiger partial charge in [-0.25, -0.2) is 19.9 Å². The maximum atomic E-state index is 5.68. The zero-order valence-corrected chi connectivity index (χ0v) is 54.2. The molecule has 4 aliphatic heterocycles. The van der Waals surface area contributed by atoms with Crippen molar-refractivity contribution in [1.82, 2.24) is 39.9 Å². The molecule has 0 fully saturated rings. The Morgan fingerprint density at radius 3 is 0.396 bits per heavy atom. The summed E-state index contributed by atoms with van der Waals surface area (Å²) in [7, 11) is 0. The van der Waals surface area contributed by atoms with E-state index in [-0.39, 0.29) is 0 Å². The minimum Gasteiger partial charge on any atom is -0.354 e. The first-order valence-corrected chi connectivity index (χ1v) is 32.8. The van der Waals surface area contributed by atoms with E-state index in [1.54, 1.807) is 0 Å². The molecular formula is C88H66N8. The lowest BCUT2D eigenvalue weighted by Crippen LogP contribution is -1.91. The maximum Gasteiger partial charge on any atom is 0.0737 e. The molecule has 0 amide bonds. The van der Waals surface area contributed by atoms with Gasteiger partial charge in [-0.15, -0.1) is 0 Å². The van der Waals surface area contributed by atoms with Crippen molar-refractivity contribution in [1.29, 1.82) is 0 Å². The van der Waals surface area contributed by atoms with Crippen LogP contribution in [0, 0.1) is 41.5 Å². The minimum atomic E-state index is 0.833. The highest BCUT2D eigenvalue weighted by Crippen LogP contribution is 2.43. The molecule has 0 saturated heterocycles. The molecule has 458 valence electrons. The Kier molecular flexibility index (Phi) is 14.0. The van der Waals surface area contributed by atoms with E-state index in [2.05, 4.69) is 328 Å². The highest BCUT2D eigenvalue weighted by atomic mass is 14.8. The van der Waals surface area contributed by atoms with Crippen molar-refractivity contribution < 1.29 is 0 Å². The third kappa shape index (κ3) is 10.5. The van der Waals surface area contributed by atoms with E-state index in [1.165, 1.54) is 33.4 Å². The number of rotatable bonds is 8. The third-order valence-electron chi connectivity index (χ3n) is 19.0. The summed E-state index contributed by atoms with van der Waals surface area (Å²) in [6.45, 7) is 12.8. The number of nitrogens with one attached hydrogen (secondary N) is 4. The molecule has 96 heavy (non-hydrogen) atoms. The molecule has 0 radical (unpaired) electrons. The summed E-state index contributed by atoms with van der Waals surface area (Å²) in [4.78, 5) is 38.3. The van der Waals surface area contributed by atoms with Gasteiger partial charge in [-0.3, -0.25) is 0 Å². The number of aryl methyl sites for hydroxylation is 6. The second-order valence-electron chi connectivity index (χ2n) is 25.8. The Bertz CT molecular complexity index is 5360. The number of hydrogen-bond donors (Lipinski definition) is 4. The summed E-state index contributed by atoms with van der Waals surface area (Å²) < 4.78 is 0. The van der Waals surface area contributed by atoms with Gasteiger partial charge in [0.2, 0.25) is 0 Å². The van der Waals surface area contributed by atoms with Gasteiger partial charge in [0.25, 0.3) is 0 Å². The number of benzene rings is 7. The van der Waals surface area contributed by atoms with Crippen LogP contribution in [-0.2, 0) is 0 Å². The molecule has 0 atom stereocenters. The second kappa shape index (κ2) is 23.4. The number of aromatic amines is 4. The van der Waals surface area contributed by atoms with E-state index in [0.717, 1.165) is 179 Å². The van der Waals surface area contributed by atoms with Crippen LogP contribution in [0.15, 0.2) is 218 Å². The summed E-state index contributed by atoms with van der Waals surface area (Å²) in [6.07, 6.45) is 17.3. The fraction of sp³-hybridized carbons (Fsp3) is 0.0682. The van der Waals surface area contributed by atoms with Crippen molar-refractivity contribution in [3.8, 4) is 89.0 Å². The van der Waals surface area contributed by atoms with Gasteiger partial charge in [-0.2, -0.15) is 0 Å². The molecule has 17 rings (SSSR count). The van der Waals surface area contributed by atoms with Crippen LogP contribution < -0.4 is 0 Å². The summed E-state index contributed by atoms with van der Waals surface area (Å²) in [5.41, 5.74) is 37.9. The van der Waals surface area contributed by atoms with Gasteiger partial charge in [0.15, 0.2) is 0 Å². The molecule has 0 aliphatic carbocycles. The Morgan fingerprint density at radius 1 is 0.156 bits per heavy atom. The average Bonchev–Trinajstić information content (AvgIpc) is 1.63. The van der Waals surface area contributed by atoms with Crippen LogP contribution in [0.4, 0.5) is 0 Å². The Balaban J connectivity index is 0.924. The molecule has 0 saturated carbocycles. The van der Waals surface area contributed by atoms with Crippen LogP contribution in [0.2, 0.25) is 0 Å². The van der Waals surface area contributed by atoms with E-state index >= 15 is 0 Å². The predicted molar refractivity (Wildman–Crippen MR) is 403 cm³/mol. The van der Waals surface area contributed by atoms with Crippen LogP contribution >= 0.6 is 0 Å². The van der Waals surface area contributed by atoms with Gasteiger partial charge in [0.05, 0.1) is 45.6 Å². The molecule has 4 aliphatic rings. The van der Waals surface area contributed by atoms with Gasteiger partial charge in [0.1, 0.15) is 0 Å². The molecule has 16 bridgehead atoms. The normalized spacial score (nSPS) is 12.3. The predicted octanol–water partition coefficient (Wildman–Crippen LogP) is 22.8. The van der Waals surface area contributed by atoms with Crippen molar-refractivity contribution in [2.45, 2.75) is 41.5 Å². The summed E-state index contributed by atoms with van der Waals surface area (Å²) in [6, 6.07) is 79.0. The maximum absolute atomic E-state index is 5.68. The van der Waals surface area contributed by atoms with Crippen LogP contribution in [0.5, 0.6) is 0 Å². The van der Waals surface area contributed by atoms with Crippen LogP contribution in [-0.4, -0.2) is 39.9 Å². The first-order chi connectivity index (χ1) is 47.0. The topological polar surface area (TPSA) is 115 Å². The Hall–Kier alpha value is -12.3. The van der Waals surface area contributed by atoms with Crippen molar-refractivity contribution in [3.05, 3.63) is 297 Å². The lowest BCUT2D eigenvalue weighted by atomic mass is 9.98. The highest BCUT2D eigenvalue weighted by molar-refractivity contribution is 6.03. The molecule has 4 N–H and O–H groups in total. The molecule has 8 nitrogen and oxygen atoms in total. The molecule has 13 aromatic rings. The lowest BCUT2D eigenvalue weighted by molar-refractivity contribution is 1.30. The molecule has 0 spiro atoms. The highest BCUT2D eigenvalue weighted by Gasteiger charge is 2.23. The van der Waals surface area contributed by atoms with Crippen LogP contribution in [0.25, 0.3) is 182 Å². The fourth-order valence-corrected chi connectivity index (χ4v) is 14.0. The largest absolute Gasteiger partial charge is 0.354 e. The van der Waals surface area contributed by atoms with E-state index in [0.29, 0.717) is 0 Å². The van der Waals surface area contributed by atoms with Gasteiger partial charge in [0, 0.05) is 88.6 Å². The number of H-pyrrole nitrogens is 4. The van der Waals surface area contributed by atoms with Gasteiger partial charge >= 0.3 is 0 Å². The molecule has 7 aromatic carbocycles. The first kappa shape index (κ1) is 57.6. The number of aromatic nitrogens is 8. The Morgan fingerprint density at radius 2 is 0.271 bits per heavy atom. The van der Waals surface area contributed by atoms with Gasteiger partial charge in [-0.1, -0.05) is 203 Å². The van der Waals surface area contributed by atoms with E-state index < -0.39 is 0 Å². The van der Waals surface area contributed by atoms with E-state index in [9.17, 15) is 0 Å². The molecule has 8 heteroatoms. The van der Waals surface area contributed by atoms with E-state index in [4.69, 9.17) is 19.9 Å². The molecular weight excluding hydrogens is 1170 g/mol. The summed E-state index contributed by atoms with van der Waals surface area (Å²) >= 11 is 0. The number of hydrogen-bond acceptors (Lipinski definition) is 4. The zero-order chi connectivity index (χ0) is 64.7. The van der Waals surface area contributed by atoms with Crippen molar-refractivity contribution in [2.24, 2.45) is 0 Å². The monoisotopic (exact) mass is 1230 g/mol.